The van der Waals surface area contributed by atoms with Gasteiger partial charge in [-0.05, 0) is 30.5 Å². The number of H-pyrrole nitrogens is 1. The summed E-state index contributed by atoms with van der Waals surface area (Å²) in [6, 6.07) is 5.57. The van der Waals surface area contributed by atoms with Gasteiger partial charge in [-0.2, -0.15) is 0 Å². The van der Waals surface area contributed by atoms with Crippen molar-refractivity contribution < 1.29 is 5.11 Å². The Morgan fingerprint density at radius 1 is 1.47 bits per heavy atom. The highest BCUT2D eigenvalue weighted by Gasteiger charge is 2.07. The quantitative estimate of drug-likeness (QED) is 0.717. The SMILES string of the molecule is CCC(N)Cc1c[nH]c2cc(O)ccc12. The molecule has 1 heterocycles. The van der Waals surface area contributed by atoms with Gasteiger partial charge in [-0.3, -0.25) is 0 Å². The monoisotopic (exact) mass is 204 g/mol. The summed E-state index contributed by atoms with van der Waals surface area (Å²) in [6.07, 6.45) is 3.83. The van der Waals surface area contributed by atoms with Crippen LogP contribution in [-0.4, -0.2) is 16.1 Å². The second-order valence-corrected chi connectivity index (χ2v) is 3.92. The van der Waals surface area contributed by atoms with Gasteiger partial charge >= 0.3 is 0 Å². The van der Waals surface area contributed by atoms with Crippen molar-refractivity contribution in [3.8, 4) is 5.75 Å². The van der Waals surface area contributed by atoms with Crippen LogP contribution in [0.2, 0.25) is 0 Å². The van der Waals surface area contributed by atoms with E-state index in [2.05, 4.69) is 11.9 Å². The minimum atomic E-state index is 0.206. The molecular weight excluding hydrogens is 188 g/mol. The van der Waals surface area contributed by atoms with Crippen LogP contribution in [0, 0.1) is 0 Å². The number of phenolic OH excluding ortho intramolecular Hbond substituents is 1. The first kappa shape index (κ1) is 10.1. The van der Waals surface area contributed by atoms with E-state index in [1.165, 1.54) is 5.56 Å². The van der Waals surface area contributed by atoms with E-state index in [-0.39, 0.29) is 11.8 Å². The zero-order chi connectivity index (χ0) is 10.8. The summed E-state index contributed by atoms with van der Waals surface area (Å²) in [4.78, 5) is 3.14. The summed E-state index contributed by atoms with van der Waals surface area (Å²) >= 11 is 0. The number of hydrogen-bond donors (Lipinski definition) is 3. The predicted octanol–water partition coefficient (Wildman–Crippen LogP) is 2.15. The van der Waals surface area contributed by atoms with Gasteiger partial charge < -0.3 is 15.8 Å². The number of benzene rings is 1. The van der Waals surface area contributed by atoms with Gasteiger partial charge in [0.25, 0.3) is 0 Å². The van der Waals surface area contributed by atoms with E-state index < -0.39 is 0 Å². The highest BCUT2D eigenvalue weighted by atomic mass is 16.3. The van der Waals surface area contributed by atoms with Gasteiger partial charge in [0.15, 0.2) is 0 Å². The Balaban J connectivity index is 2.36. The maximum Gasteiger partial charge on any atom is 0.117 e. The number of aromatic nitrogens is 1. The first-order chi connectivity index (χ1) is 7.20. The third-order valence-corrected chi connectivity index (χ3v) is 2.76. The fraction of sp³-hybridized carbons (Fsp3) is 0.333. The van der Waals surface area contributed by atoms with Crippen LogP contribution in [0.5, 0.6) is 5.75 Å². The number of phenols is 1. The molecule has 15 heavy (non-hydrogen) atoms. The van der Waals surface area contributed by atoms with Crippen molar-refractivity contribution in [1.82, 2.24) is 4.98 Å². The fourth-order valence-corrected chi connectivity index (χ4v) is 1.77. The Morgan fingerprint density at radius 3 is 3.00 bits per heavy atom. The van der Waals surface area contributed by atoms with E-state index in [0.29, 0.717) is 0 Å². The van der Waals surface area contributed by atoms with Gasteiger partial charge in [0, 0.05) is 29.2 Å². The van der Waals surface area contributed by atoms with Crippen LogP contribution >= 0.6 is 0 Å². The third-order valence-electron chi connectivity index (χ3n) is 2.76. The Hall–Kier alpha value is -1.48. The van der Waals surface area contributed by atoms with E-state index in [9.17, 15) is 5.11 Å². The highest BCUT2D eigenvalue weighted by molar-refractivity contribution is 5.84. The lowest BCUT2D eigenvalue weighted by Gasteiger charge is -2.06. The molecule has 0 amide bonds. The zero-order valence-corrected chi connectivity index (χ0v) is 8.83. The summed E-state index contributed by atoms with van der Waals surface area (Å²) in [6.45, 7) is 2.09. The number of nitrogens with one attached hydrogen (secondary N) is 1. The standard InChI is InChI=1S/C12H16N2O/c1-2-9(13)5-8-7-14-12-6-10(15)3-4-11(8)12/h3-4,6-7,9,14-15H,2,5,13H2,1H3. The van der Waals surface area contributed by atoms with Crippen LogP contribution in [0.4, 0.5) is 0 Å². The maximum absolute atomic E-state index is 9.32. The molecule has 1 aromatic carbocycles. The van der Waals surface area contributed by atoms with Gasteiger partial charge in [0.05, 0.1) is 0 Å². The average Bonchev–Trinajstić information content (AvgIpc) is 2.60. The Kier molecular flexibility index (Phi) is 2.64. The molecule has 0 saturated heterocycles. The zero-order valence-electron chi connectivity index (χ0n) is 8.83. The van der Waals surface area contributed by atoms with Gasteiger partial charge in [-0.1, -0.05) is 6.92 Å². The molecule has 0 saturated carbocycles. The first-order valence-corrected chi connectivity index (χ1v) is 5.25. The van der Waals surface area contributed by atoms with Crippen LogP contribution in [0.15, 0.2) is 24.4 Å². The van der Waals surface area contributed by atoms with E-state index in [1.54, 1.807) is 12.1 Å². The molecular formula is C12H16N2O. The number of aromatic amines is 1. The Labute approximate surface area is 88.9 Å². The summed E-state index contributed by atoms with van der Waals surface area (Å²) in [5.74, 6) is 0.288. The van der Waals surface area contributed by atoms with Crippen molar-refractivity contribution >= 4 is 10.9 Å². The number of fused-ring (bicyclic) bond motifs is 1. The molecule has 3 heteroatoms. The maximum atomic E-state index is 9.32. The third kappa shape index (κ3) is 1.97. The van der Waals surface area contributed by atoms with Gasteiger partial charge in [-0.15, -0.1) is 0 Å². The molecule has 1 atom stereocenters. The summed E-state index contributed by atoms with van der Waals surface area (Å²) in [7, 11) is 0. The fourth-order valence-electron chi connectivity index (χ4n) is 1.77. The minimum absolute atomic E-state index is 0.206. The van der Waals surface area contributed by atoms with Crippen molar-refractivity contribution in [1.29, 1.82) is 0 Å². The van der Waals surface area contributed by atoms with Crippen molar-refractivity contribution in [2.75, 3.05) is 0 Å². The molecule has 1 aromatic heterocycles. The van der Waals surface area contributed by atoms with Crippen molar-refractivity contribution in [3.05, 3.63) is 30.0 Å². The summed E-state index contributed by atoms with van der Waals surface area (Å²) < 4.78 is 0. The lowest BCUT2D eigenvalue weighted by atomic mass is 10.0. The van der Waals surface area contributed by atoms with Gasteiger partial charge in [-0.25, -0.2) is 0 Å². The number of nitrogens with two attached hydrogens (primary N) is 1. The molecule has 0 aliphatic heterocycles. The number of hydrogen-bond acceptors (Lipinski definition) is 2. The lowest BCUT2D eigenvalue weighted by Crippen LogP contribution is -2.21. The van der Waals surface area contributed by atoms with Gasteiger partial charge in [0.1, 0.15) is 5.75 Å². The van der Waals surface area contributed by atoms with E-state index in [1.807, 2.05) is 12.3 Å². The minimum Gasteiger partial charge on any atom is -0.508 e. The van der Waals surface area contributed by atoms with Crippen molar-refractivity contribution in [2.45, 2.75) is 25.8 Å². The van der Waals surface area contributed by atoms with Crippen LogP contribution in [0.1, 0.15) is 18.9 Å². The van der Waals surface area contributed by atoms with E-state index in [4.69, 9.17) is 5.73 Å². The van der Waals surface area contributed by atoms with Crippen LogP contribution < -0.4 is 5.73 Å². The second-order valence-electron chi connectivity index (χ2n) is 3.92. The summed E-state index contributed by atoms with van der Waals surface area (Å²) in [5.41, 5.74) is 8.11. The largest absolute Gasteiger partial charge is 0.508 e. The number of rotatable bonds is 3. The molecule has 4 N–H and O–H groups in total. The molecule has 1 unspecified atom stereocenters. The molecule has 0 radical (unpaired) electrons. The molecule has 0 aliphatic rings. The van der Waals surface area contributed by atoms with E-state index >= 15 is 0 Å². The second kappa shape index (κ2) is 3.95. The van der Waals surface area contributed by atoms with E-state index in [0.717, 1.165) is 23.7 Å². The lowest BCUT2D eigenvalue weighted by molar-refractivity contribution is 0.476. The molecule has 2 aromatic rings. The molecule has 0 bridgehead atoms. The topological polar surface area (TPSA) is 62.0 Å². The van der Waals surface area contributed by atoms with Gasteiger partial charge in [0.2, 0.25) is 0 Å². The smallest absolute Gasteiger partial charge is 0.117 e. The Morgan fingerprint density at radius 2 is 2.27 bits per heavy atom. The van der Waals surface area contributed by atoms with Crippen LogP contribution in [0.25, 0.3) is 10.9 Å². The predicted molar refractivity (Wildman–Crippen MR) is 61.9 cm³/mol. The van der Waals surface area contributed by atoms with Crippen LogP contribution in [-0.2, 0) is 6.42 Å². The van der Waals surface area contributed by atoms with Crippen molar-refractivity contribution in [3.63, 3.8) is 0 Å². The van der Waals surface area contributed by atoms with Crippen molar-refractivity contribution in [2.24, 2.45) is 5.73 Å². The Bertz CT molecular complexity index is 462. The molecule has 0 fully saturated rings. The molecule has 2 rings (SSSR count). The molecule has 80 valence electrons. The molecule has 0 spiro atoms. The highest BCUT2D eigenvalue weighted by Crippen LogP contribution is 2.23. The van der Waals surface area contributed by atoms with Crippen LogP contribution in [0.3, 0.4) is 0 Å². The average molecular weight is 204 g/mol. The first-order valence-electron chi connectivity index (χ1n) is 5.25. The normalized spacial score (nSPS) is 13.2. The number of aromatic hydroxyl groups is 1. The molecule has 0 aliphatic carbocycles. The molecule has 3 nitrogen and oxygen atoms in total. The summed E-state index contributed by atoms with van der Waals surface area (Å²) in [5, 5.41) is 10.5.